The summed E-state index contributed by atoms with van der Waals surface area (Å²) in [6.45, 7) is 1.93. The maximum absolute atomic E-state index is 11.1. The molecule has 1 unspecified atom stereocenters. The van der Waals surface area contributed by atoms with E-state index in [4.69, 9.17) is 0 Å². The maximum atomic E-state index is 11.1. The first kappa shape index (κ1) is 8.91. The third-order valence-corrected chi connectivity index (χ3v) is 3.31. The van der Waals surface area contributed by atoms with Crippen LogP contribution in [-0.2, 0) is 9.53 Å². The predicted octanol–water partition coefficient (Wildman–Crippen LogP) is 1.51. The van der Waals surface area contributed by atoms with E-state index in [2.05, 4.69) is 17.4 Å². The van der Waals surface area contributed by atoms with Crippen molar-refractivity contribution >= 4 is 18.6 Å². The lowest BCUT2D eigenvalue weighted by Crippen LogP contribution is -2.24. The average molecular weight is 174 g/mol. The fraction of sp³-hybridized carbons (Fsp3) is 0.875. The van der Waals surface area contributed by atoms with Crippen LogP contribution in [0.2, 0.25) is 0 Å². The molecule has 0 radical (unpaired) electrons. The zero-order valence-corrected chi connectivity index (χ0v) is 7.86. The van der Waals surface area contributed by atoms with Crippen LogP contribution in [0, 0.1) is 11.3 Å². The van der Waals surface area contributed by atoms with Gasteiger partial charge < -0.3 is 4.74 Å². The molecule has 1 atom stereocenters. The van der Waals surface area contributed by atoms with Crippen molar-refractivity contribution in [1.82, 2.24) is 0 Å². The van der Waals surface area contributed by atoms with Crippen LogP contribution in [0.3, 0.4) is 0 Å². The van der Waals surface area contributed by atoms with Crippen molar-refractivity contribution in [2.75, 3.05) is 12.9 Å². The van der Waals surface area contributed by atoms with E-state index >= 15 is 0 Å². The van der Waals surface area contributed by atoms with Gasteiger partial charge >= 0.3 is 5.97 Å². The van der Waals surface area contributed by atoms with Gasteiger partial charge in [-0.1, -0.05) is 6.92 Å². The number of esters is 1. The van der Waals surface area contributed by atoms with Gasteiger partial charge in [0, 0.05) is 0 Å². The minimum absolute atomic E-state index is 0.0185. The van der Waals surface area contributed by atoms with Crippen molar-refractivity contribution in [2.45, 2.75) is 19.8 Å². The van der Waals surface area contributed by atoms with Crippen LogP contribution in [0.15, 0.2) is 0 Å². The summed E-state index contributed by atoms with van der Waals surface area (Å²) >= 11 is 4.23. The van der Waals surface area contributed by atoms with Crippen molar-refractivity contribution in [3.05, 3.63) is 0 Å². The normalized spacial score (nSPS) is 22.5. The monoisotopic (exact) mass is 174 g/mol. The van der Waals surface area contributed by atoms with Crippen molar-refractivity contribution in [3.63, 3.8) is 0 Å². The molecule has 0 saturated heterocycles. The Kier molecular flexibility index (Phi) is 2.47. The first-order valence-electron chi connectivity index (χ1n) is 3.85. The first-order valence-corrected chi connectivity index (χ1v) is 4.48. The number of thiol groups is 1. The molecule has 1 fully saturated rings. The Hall–Kier alpha value is -0.180. The van der Waals surface area contributed by atoms with Gasteiger partial charge in [0.1, 0.15) is 0 Å². The maximum Gasteiger partial charge on any atom is 0.308 e. The SMILES string of the molecule is COC(=O)C(C)C1(CS)CC1. The van der Waals surface area contributed by atoms with E-state index in [1.165, 1.54) is 7.11 Å². The second-order valence-electron chi connectivity index (χ2n) is 3.27. The third-order valence-electron chi connectivity index (χ3n) is 2.68. The third kappa shape index (κ3) is 1.53. The molecular formula is C8H14O2S. The Labute approximate surface area is 72.7 Å². The van der Waals surface area contributed by atoms with Crippen molar-refractivity contribution in [1.29, 1.82) is 0 Å². The lowest BCUT2D eigenvalue weighted by atomic mass is 9.93. The highest BCUT2D eigenvalue weighted by Crippen LogP contribution is 2.52. The fourth-order valence-corrected chi connectivity index (χ4v) is 1.91. The molecule has 0 heterocycles. The lowest BCUT2D eigenvalue weighted by Gasteiger charge is -2.18. The van der Waals surface area contributed by atoms with E-state index in [0.29, 0.717) is 0 Å². The van der Waals surface area contributed by atoms with Gasteiger partial charge in [0.15, 0.2) is 0 Å². The smallest absolute Gasteiger partial charge is 0.308 e. The molecule has 0 aromatic rings. The minimum Gasteiger partial charge on any atom is -0.469 e. The second-order valence-corrected chi connectivity index (χ2v) is 3.58. The summed E-state index contributed by atoms with van der Waals surface area (Å²) in [7, 11) is 1.44. The van der Waals surface area contributed by atoms with Gasteiger partial charge in [0.2, 0.25) is 0 Å². The second kappa shape index (κ2) is 3.05. The predicted molar refractivity (Wildman–Crippen MR) is 46.7 cm³/mol. The molecule has 0 amide bonds. The Morgan fingerprint density at radius 3 is 2.55 bits per heavy atom. The largest absolute Gasteiger partial charge is 0.469 e. The molecule has 1 aliphatic carbocycles. The van der Waals surface area contributed by atoms with Gasteiger partial charge in [-0.05, 0) is 24.0 Å². The van der Waals surface area contributed by atoms with Crippen LogP contribution >= 0.6 is 12.6 Å². The molecule has 1 aliphatic rings. The highest BCUT2D eigenvalue weighted by atomic mass is 32.1. The fourth-order valence-electron chi connectivity index (χ4n) is 1.32. The minimum atomic E-state index is -0.100. The van der Waals surface area contributed by atoms with E-state index in [1.807, 2.05) is 6.92 Å². The summed E-state index contributed by atoms with van der Waals surface area (Å²) in [6, 6.07) is 0. The van der Waals surface area contributed by atoms with Gasteiger partial charge in [-0.25, -0.2) is 0 Å². The molecular weight excluding hydrogens is 160 g/mol. The highest BCUT2D eigenvalue weighted by molar-refractivity contribution is 7.80. The zero-order valence-electron chi connectivity index (χ0n) is 6.96. The van der Waals surface area contributed by atoms with Crippen LogP contribution in [0.25, 0.3) is 0 Å². The molecule has 0 aliphatic heterocycles. The van der Waals surface area contributed by atoms with Gasteiger partial charge in [0.25, 0.3) is 0 Å². The Bertz CT molecular complexity index is 163. The first-order chi connectivity index (χ1) is 5.16. The number of methoxy groups -OCH3 is 1. The molecule has 0 bridgehead atoms. The summed E-state index contributed by atoms with van der Waals surface area (Å²) in [4.78, 5) is 11.1. The molecule has 2 nitrogen and oxygen atoms in total. The molecule has 0 aromatic carbocycles. The van der Waals surface area contributed by atoms with Gasteiger partial charge in [-0.2, -0.15) is 12.6 Å². The molecule has 3 heteroatoms. The number of carbonyl (C=O) groups is 1. The van der Waals surface area contributed by atoms with E-state index in [1.54, 1.807) is 0 Å². The van der Waals surface area contributed by atoms with Gasteiger partial charge in [-0.15, -0.1) is 0 Å². The molecule has 1 saturated carbocycles. The molecule has 0 N–H and O–H groups in total. The Morgan fingerprint density at radius 2 is 2.27 bits per heavy atom. The summed E-state index contributed by atoms with van der Waals surface area (Å²) in [5, 5.41) is 0. The quantitative estimate of drug-likeness (QED) is 0.518. The van der Waals surface area contributed by atoms with Crippen molar-refractivity contribution < 1.29 is 9.53 Å². The highest BCUT2D eigenvalue weighted by Gasteiger charge is 2.49. The molecule has 0 aromatic heterocycles. The van der Waals surface area contributed by atoms with Crippen LogP contribution < -0.4 is 0 Å². The topological polar surface area (TPSA) is 26.3 Å². The van der Waals surface area contributed by atoms with E-state index in [0.717, 1.165) is 18.6 Å². The number of hydrogen-bond acceptors (Lipinski definition) is 3. The summed E-state index contributed by atoms with van der Waals surface area (Å²) in [5.74, 6) is 0.713. The summed E-state index contributed by atoms with van der Waals surface area (Å²) in [5.41, 5.74) is 0.163. The molecule has 11 heavy (non-hydrogen) atoms. The van der Waals surface area contributed by atoms with E-state index in [9.17, 15) is 4.79 Å². The van der Waals surface area contributed by atoms with Gasteiger partial charge in [-0.3, -0.25) is 4.79 Å². The van der Waals surface area contributed by atoms with Crippen LogP contribution in [0.1, 0.15) is 19.8 Å². The summed E-state index contributed by atoms with van der Waals surface area (Å²) < 4.78 is 4.67. The molecule has 1 rings (SSSR count). The Balaban J connectivity index is 2.53. The number of ether oxygens (including phenoxy) is 1. The Morgan fingerprint density at radius 1 is 1.73 bits per heavy atom. The lowest BCUT2D eigenvalue weighted by molar-refractivity contribution is -0.146. The van der Waals surface area contributed by atoms with Crippen LogP contribution in [0.5, 0.6) is 0 Å². The van der Waals surface area contributed by atoms with Crippen molar-refractivity contribution in [2.24, 2.45) is 11.3 Å². The van der Waals surface area contributed by atoms with Crippen molar-refractivity contribution in [3.8, 4) is 0 Å². The van der Waals surface area contributed by atoms with Crippen LogP contribution in [0.4, 0.5) is 0 Å². The zero-order chi connectivity index (χ0) is 8.48. The van der Waals surface area contributed by atoms with E-state index in [-0.39, 0.29) is 17.3 Å². The summed E-state index contributed by atoms with van der Waals surface area (Å²) in [6.07, 6.45) is 2.24. The number of rotatable bonds is 3. The van der Waals surface area contributed by atoms with E-state index < -0.39 is 0 Å². The number of carbonyl (C=O) groups excluding carboxylic acids is 1. The van der Waals surface area contributed by atoms with Crippen LogP contribution in [-0.4, -0.2) is 18.8 Å². The molecule has 64 valence electrons. The van der Waals surface area contributed by atoms with Gasteiger partial charge in [0.05, 0.1) is 13.0 Å². The average Bonchev–Trinajstić information content (AvgIpc) is 2.82. The molecule has 0 spiro atoms. The standard InChI is InChI=1S/C8H14O2S/c1-6(7(9)10-2)8(5-11)3-4-8/h6,11H,3-5H2,1-2H3. The number of hydrogen-bond donors (Lipinski definition) is 1.